The van der Waals surface area contributed by atoms with E-state index in [1.54, 1.807) is 18.2 Å². The van der Waals surface area contributed by atoms with Crippen LogP contribution in [0.2, 0.25) is 0 Å². The van der Waals surface area contributed by atoms with Crippen LogP contribution in [0.3, 0.4) is 0 Å². The van der Waals surface area contributed by atoms with Gasteiger partial charge in [0.15, 0.2) is 5.78 Å². The quantitative estimate of drug-likeness (QED) is 0.692. The smallest absolute Gasteiger partial charge is 0.163 e. The maximum absolute atomic E-state index is 11.7. The second-order valence-electron chi connectivity index (χ2n) is 5.17. The fourth-order valence-corrected chi connectivity index (χ4v) is 3.70. The van der Waals surface area contributed by atoms with Crippen molar-refractivity contribution >= 4 is 23.2 Å². The van der Waals surface area contributed by atoms with Crippen LogP contribution in [-0.4, -0.2) is 17.6 Å². The molecule has 0 fully saturated rings. The number of nitrogen functional groups attached to an aromatic ring is 1. The fraction of sp³-hybridized carbons (Fsp3) is 0.235. The zero-order chi connectivity index (χ0) is 14.8. The van der Waals surface area contributed by atoms with E-state index in [0.717, 1.165) is 6.42 Å². The number of carbonyl (C=O) groups excluding carboxylic acids is 1. The van der Waals surface area contributed by atoms with Crippen LogP contribution < -0.4 is 10.5 Å². The van der Waals surface area contributed by atoms with Crippen LogP contribution in [0.5, 0.6) is 5.75 Å². The Kier molecular flexibility index (Phi) is 3.88. The van der Waals surface area contributed by atoms with Gasteiger partial charge in [0, 0.05) is 15.8 Å². The highest BCUT2D eigenvalue weighted by molar-refractivity contribution is 8.00. The van der Waals surface area contributed by atoms with Gasteiger partial charge < -0.3 is 10.5 Å². The van der Waals surface area contributed by atoms with E-state index in [1.165, 1.54) is 17.4 Å². The molecule has 2 aromatic carbocycles. The van der Waals surface area contributed by atoms with Crippen molar-refractivity contribution in [3.8, 4) is 5.75 Å². The average molecular weight is 299 g/mol. The van der Waals surface area contributed by atoms with Gasteiger partial charge in [0.2, 0.25) is 0 Å². The molecular formula is C17H17NO2S. The molecule has 0 saturated carbocycles. The predicted molar refractivity (Wildman–Crippen MR) is 86.1 cm³/mol. The second kappa shape index (κ2) is 5.82. The van der Waals surface area contributed by atoms with Crippen molar-refractivity contribution < 1.29 is 9.53 Å². The molecule has 1 unspecified atom stereocenters. The second-order valence-corrected chi connectivity index (χ2v) is 6.52. The molecule has 0 amide bonds. The third-order valence-corrected chi connectivity index (χ3v) is 4.81. The Hall–Kier alpha value is -1.94. The largest absolute Gasteiger partial charge is 0.492 e. The Bertz CT molecular complexity index is 659. The molecule has 2 aromatic rings. The average Bonchev–Trinajstić information content (AvgIpc) is 2.88. The zero-order valence-corrected chi connectivity index (χ0v) is 12.7. The number of carbonyl (C=O) groups is 1. The lowest BCUT2D eigenvalue weighted by atomic mass is 10.1. The Balaban J connectivity index is 1.68. The molecule has 1 heterocycles. The van der Waals surface area contributed by atoms with Crippen LogP contribution >= 0.6 is 11.8 Å². The Morgan fingerprint density at radius 1 is 1.33 bits per heavy atom. The van der Waals surface area contributed by atoms with E-state index in [9.17, 15) is 4.79 Å². The van der Waals surface area contributed by atoms with E-state index < -0.39 is 0 Å². The van der Waals surface area contributed by atoms with Crippen molar-refractivity contribution in [2.75, 3.05) is 12.3 Å². The number of Topliss-reactive ketones (excluding diaryl/α,β-unsaturated/α-hetero) is 1. The monoisotopic (exact) mass is 299 g/mol. The molecule has 108 valence electrons. The lowest BCUT2D eigenvalue weighted by Crippen LogP contribution is -2.14. The third-order valence-electron chi connectivity index (χ3n) is 3.52. The first-order valence-electron chi connectivity index (χ1n) is 6.91. The summed E-state index contributed by atoms with van der Waals surface area (Å²) in [6.45, 7) is 2.12. The van der Waals surface area contributed by atoms with E-state index in [0.29, 0.717) is 28.9 Å². The minimum Gasteiger partial charge on any atom is -0.492 e. The number of rotatable bonds is 4. The van der Waals surface area contributed by atoms with Crippen molar-refractivity contribution in [1.82, 2.24) is 0 Å². The summed E-state index contributed by atoms with van der Waals surface area (Å²) in [6, 6.07) is 13.6. The van der Waals surface area contributed by atoms with Crippen LogP contribution in [0, 0.1) is 0 Å². The molecule has 0 radical (unpaired) electrons. The van der Waals surface area contributed by atoms with Gasteiger partial charge in [-0.15, -0.1) is 11.8 Å². The Morgan fingerprint density at radius 2 is 2.14 bits per heavy atom. The minimum atomic E-state index is -0.0281. The fourth-order valence-electron chi connectivity index (χ4n) is 2.48. The predicted octanol–water partition coefficient (Wildman–Crippen LogP) is 3.57. The van der Waals surface area contributed by atoms with Gasteiger partial charge in [-0.3, -0.25) is 4.79 Å². The van der Waals surface area contributed by atoms with Crippen molar-refractivity contribution in [3.05, 3.63) is 53.6 Å². The Labute approximate surface area is 128 Å². The van der Waals surface area contributed by atoms with Crippen LogP contribution in [0.15, 0.2) is 47.4 Å². The Morgan fingerprint density at radius 3 is 2.90 bits per heavy atom. The number of hydrogen-bond acceptors (Lipinski definition) is 4. The normalized spacial score (nSPS) is 16.5. The van der Waals surface area contributed by atoms with Crippen LogP contribution in [0.4, 0.5) is 5.69 Å². The molecule has 0 spiro atoms. The lowest BCUT2D eigenvalue weighted by Gasteiger charge is -2.13. The molecule has 1 atom stereocenters. The zero-order valence-electron chi connectivity index (χ0n) is 11.8. The first-order chi connectivity index (χ1) is 10.1. The van der Waals surface area contributed by atoms with Crippen molar-refractivity contribution in [3.63, 3.8) is 0 Å². The molecule has 1 aliphatic rings. The highest BCUT2D eigenvalue weighted by Gasteiger charge is 2.22. The molecule has 0 bridgehead atoms. The van der Waals surface area contributed by atoms with Gasteiger partial charge in [0.25, 0.3) is 0 Å². The van der Waals surface area contributed by atoms with E-state index in [1.807, 2.05) is 11.8 Å². The summed E-state index contributed by atoms with van der Waals surface area (Å²) in [5.74, 6) is 0.591. The highest BCUT2D eigenvalue weighted by Crippen LogP contribution is 2.37. The van der Waals surface area contributed by atoms with Crippen molar-refractivity contribution in [2.45, 2.75) is 23.5 Å². The number of thioether (sulfide) groups is 1. The summed E-state index contributed by atoms with van der Waals surface area (Å²) < 4.78 is 5.87. The lowest BCUT2D eigenvalue weighted by molar-refractivity contribution is 0.101. The SMILES string of the molecule is CC(=O)c1cc(N)ccc1OCC1Cc2ccccc2S1. The molecule has 0 saturated heterocycles. The van der Waals surface area contributed by atoms with Crippen LogP contribution in [0.25, 0.3) is 0 Å². The standard InChI is InChI=1S/C17H17NO2S/c1-11(19)15-9-13(18)6-7-16(15)20-10-14-8-12-4-2-3-5-17(12)21-14/h2-7,9,14H,8,10,18H2,1H3. The molecule has 4 heteroatoms. The number of benzene rings is 2. The van der Waals surface area contributed by atoms with Gasteiger partial charge in [0.05, 0.1) is 5.56 Å². The van der Waals surface area contributed by atoms with Gasteiger partial charge >= 0.3 is 0 Å². The maximum atomic E-state index is 11.7. The van der Waals surface area contributed by atoms with Gasteiger partial charge in [-0.2, -0.15) is 0 Å². The topological polar surface area (TPSA) is 52.3 Å². The van der Waals surface area contributed by atoms with E-state index in [4.69, 9.17) is 10.5 Å². The van der Waals surface area contributed by atoms with Gasteiger partial charge in [-0.1, -0.05) is 18.2 Å². The van der Waals surface area contributed by atoms with Gasteiger partial charge in [-0.05, 0) is 43.2 Å². The molecular weight excluding hydrogens is 282 g/mol. The third kappa shape index (κ3) is 3.05. The molecule has 3 nitrogen and oxygen atoms in total. The summed E-state index contributed by atoms with van der Waals surface area (Å²) >= 11 is 1.84. The number of ketones is 1. The molecule has 0 aliphatic carbocycles. The minimum absolute atomic E-state index is 0.0281. The number of hydrogen-bond donors (Lipinski definition) is 1. The summed E-state index contributed by atoms with van der Waals surface area (Å²) in [5.41, 5.74) is 8.23. The van der Waals surface area contributed by atoms with E-state index in [-0.39, 0.29) is 5.78 Å². The van der Waals surface area contributed by atoms with E-state index >= 15 is 0 Å². The summed E-state index contributed by atoms with van der Waals surface area (Å²) in [5, 5.41) is 0.389. The van der Waals surface area contributed by atoms with Gasteiger partial charge in [-0.25, -0.2) is 0 Å². The number of ether oxygens (including phenoxy) is 1. The molecule has 0 aromatic heterocycles. The van der Waals surface area contributed by atoms with Gasteiger partial charge in [0.1, 0.15) is 12.4 Å². The van der Waals surface area contributed by atoms with Crippen molar-refractivity contribution in [2.24, 2.45) is 0 Å². The number of nitrogens with two attached hydrogens (primary N) is 1. The molecule has 21 heavy (non-hydrogen) atoms. The van der Waals surface area contributed by atoms with Crippen molar-refractivity contribution in [1.29, 1.82) is 0 Å². The number of anilines is 1. The maximum Gasteiger partial charge on any atom is 0.163 e. The van der Waals surface area contributed by atoms with Crippen LogP contribution in [-0.2, 0) is 6.42 Å². The van der Waals surface area contributed by atoms with E-state index in [2.05, 4.69) is 24.3 Å². The first kappa shape index (κ1) is 14.0. The van der Waals surface area contributed by atoms with Crippen LogP contribution in [0.1, 0.15) is 22.8 Å². The summed E-state index contributed by atoms with van der Waals surface area (Å²) in [7, 11) is 0. The first-order valence-corrected chi connectivity index (χ1v) is 7.79. The molecule has 1 aliphatic heterocycles. The molecule has 2 N–H and O–H groups in total. The highest BCUT2D eigenvalue weighted by atomic mass is 32.2. The summed E-state index contributed by atoms with van der Waals surface area (Å²) in [6.07, 6.45) is 1.01. The summed E-state index contributed by atoms with van der Waals surface area (Å²) in [4.78, 5) is 13.0. The molecule has 3 rings (SSSR count). The number of fused-ring (bicyclic) bond motifs is 1.